The van der Waals surface area contributed by atoms with Crippen LogP contribution in [0, 0.1) is 0 Å². The molecule has 0 bridgehead atoms. The molecule has 2 N–H and O–H groups in total. The molecule has 6 heteroatoms. The number of nitrogens with one attached hydrogen (secondary N) is 2. The van der Waals surface area contributed by atoms with Crippen molar-refractivity contribution in [2.45, 2.75) is 45.6 Å². The summed E-state index contributed by atoms with van der Waals surface area (Å²) >= 11 is 1.42. The summed E-state index contributed by atoms with van der Waals surface area (Å²) in [6.45, 7) is 5.55. The van der Waals surface area contributed by atoms with Gasteiger partial charge in [0.2, 0.25) is 11.8 Å². The lowest BCUT2D eigenvalue weighted by Crippen LogP contribution is -2.23. The normalized spacial score (nSPS) is 12.8. The maximum Gasteiger partial charge on any atom is 0.233 e. The fraction of sp³-hybridized carbons (Fsp3) is 0.292. The second kappa shape index (κ2) is 10.2. The topological polar surface area (TPSA) is 71.1 Å². The summed E-state index contributed by atoms with van der Waals surface area (Å²) in [5, 5.41) is 8.41. The fourth-order valence-electron chi connectivity index (χ4n) is 3.41. The monoisotopic (exact) mass is 421 g/mol. The van der Waals surface area contributed by atoms with E-state index in [0.717, 1.165) is 35.2 Å². The molecule has 156 valence electrons. The zero-order chi connectivity index (χ0) is 21.5. The van der Waals surface area contributed by atoms with E-state index in [2.05, 4.69) is 22.5 Å². The molecule has 3 rings (SSSR count). The van der Waals surface area contributed by atoms with Crippen LogP contribution in [0.5, 0.6) is 0 Å². The van der Waals surface area contributed by atoms with Crippen molar-refractivity contribution in [1.82, 2.24) is 10.3 Å². The van der Waals surface area contributed by atoms with E-state index in [9.17, 15) is 9.59 Å². The zero-order valence-electron chi connectivity index (χ0n) is 17.5. The lowest BCUT2D eigenvalue weighted by atomic mass is 9.94. The van der Waals surface area contributed by atoms with E-state index in [1.54, 1.807) is 0 Å². The third-order valence-electron chi connectivity index (χ3n) is 4.96. The van der Waals surface area contributed by atoms with Gasteiger partial charge in [-0.25, -0.2) is 4.98 Å². The van der Waals surface area contributed by atoms with E-state index in [4.69, 9.17) is 0 Å². The summed E-state index contributed by atoms with van der Waals surface area (Å²) in [7, 11) is 0. The summed E-state index contributed by atoms with van der Waals surface area (Å²) < 4.78 is 0. The van der Waals surface area contributed by atoms with Crippen molar-refractivity contribution >= 4 is 28.3 Å². The quantitative estimate of drug-likeness (QED) is 0.502. The lowest BCUT2D eigenvalue weighted by molar-refractivity contribution is -0.119. The van der Waals surface area contributed by atoms with Gasteiger partial charge in [-0.05, 0) is 24.5 Å². The van der Waals surface area contributed by atoms with Crippen molar-refractivity contribution in [1.29, 1.82) is 0 Å². The minimum absolute atomic E-state index is 0.0246. The average molecular weight is 422 g/mol. The highest BCUT2D eigenvalue weighted by molar-refractivity contribution is 7.14. The summed E-state index contributed by atoms with van der Waals surface area (Å²) in [5.74, 6) is -0.259. The molecule has 5 nitrogen and oxygen atoms in total. The van der Waals surface area contributed by atoms with E-state index in [-0.39, 0.29) is 23.8 Å². The van der Waals surface area contributed by atoms with Crippen molar-refractivity contribution < 1.29 is 9.59 Å². The van der Waals surface area contributed by atoms with E-state index < -0.39 is 0 Å². The largest absolute Gasteiger partial charge is 0.350 e. The van der Waals surface area contributed by atoms with Crippen LogP contribution in [-0.2, 0) is 9.59 Å². The average Bonchev–Trinajstić information content (AvgIpc) is 3.20. The highest BCUT2D eigenvalue weighted by atomic mass is 32.1. The predicted octanol–water partition coefficient (Wildman–Crippen LogP) is 5.53. The van der Waals surface area contributed by atoms with Crippen molar-refractivity contribution in [3.8, 4) is 11.3 Å². The van der Waals surface area contributed by atoms with Gasteiger partial charge in [-0.3, -0.25) is 9.59 Å². The second-order valence-corrected chi connectivity index (χ2v) is 8.18. The van der Waals surface area contributed by atoms with Gasteiger partial charge < -0.3 is 10.6 Å². The standard InChI is InChI=1S/C24H27N3O2S/c1-4-8-21(19-9-6-5-7-10-19)23(29)27-24-26-22(15-30-24)20-13-11-18(12-14-20)16(2)25-17(3)28/h5-7,9-16,21H,4,8H2,1-3H3,(H,25,28)(H,26,27,29). The van der Waals surface area contributed by atoms with Gasteiger partial charge in [0.15, 0.2) is 5.13 Å². The number of anilines is 1. The number of hydrogen-bond acceptors (Lipinski definition) is 4. The van der Waals surface area contributed by atoms with Crippen molar-refractivity contribution in [2.75, 3.05) is 5.32 Å². The van der Waals surface area contributed by atoms with Crippen LogP contribution in [0.25, 0.3) is 11.3 Å². The third-order valence-corrected chi connectivity index (χ3v) is 5.71. The Morgan fingerprint density at radius 1 is 1.03 bits per heavy atom. The van der Waals surface area contributed by atoms with Gasteiger partial charge in [0, 0.05) is 17.9 Å². The molecule has 0 saturated carbocycles. The number of rotatable bonds is 8. The van der Waals surface area contributed by atoms with Crippen LogP contribution in [-0.4, -0.2) is 16.8 Å². The minimum atomic E-state index is -0.182. The lowest BCUT2D eigenvalue weighted by Gasteiger charge is -2.15. The molecule has 0 radical (unpaired) electrons. The van der Waals surface area contributed by atoms with Crippen LogP contribution in [0.4, 0.5) is 5.13 Å². The van der Waals surface area contributed by atoms with Crippen LogP contribution in [0.15, 0.2) is 60.0 Å². The Balaban J connectivity index is 1.70. The Hall–Kier alpha value is -2.99. The third kappa shape index (κ3) is 5.54. The van der Waals surface area contributed by atoms with Gasteiger partial charge in [-0.2, -0.15) is 0 Å². The number of nitrogens with zero attached hydrogens (tertiary/aromatic N) is 1. The molecule has 0 aliphatic heterocycles. The molecule has 3 aromatic rings. The van der Waals surface area contributed by atoms with Crippen LogP contribution in [0.1, 0.15) is 56.7 Å². The van der Waals surface area contributed by atoms with Crippen LogP contribution < -0.4 is 10.6 Å². The van der Waals surface area contributed by atoms with Gasteiger partial charge >= 0.3 is 0 Å². The molecule has 0 aliphatic rings. The van der Waals surface area contributed by atoms with Crippen LogP contribution >= 0.6 is 11.3 Å². The first kappa shape index (κ1) is 21.7. The minimum Gasteiger partial charge on any atom is -0.350 e. The fourth-order valence-corrected chi connectivity index (χ4v) is 4.13. The molecule has 0 aliphatic carbocycles. The maximum absolute atomic E-state index is 12.9. The number of thiazole rings is 1. The predicted molar refractivity (Wildman–Crippen MR) is 123 cm³/mol. The zero-order valence-corrected chi connectivity index (χ0v) is 18.3. The van der Waals surface area contributed by atoms with Crippen molar-refractivity contribution in [3.05, 3.63) is 71.1 Å². The van der Waals surface area contributed by atoms with Crippen molar-refractivity contribution in [3.63, 3.8) is 0 Å². The van der Waals surface area contributed by atoms with Gasteiger partial charge in [0.25, 0.3) is 0 Å². The second-order valence-electron chi connectivity index (χ2n) is 7.32. The Labute approximate surface area is 181 Å². The number of hydrogen-bond donors (Lipinski definition) is 2. The van der Waals surface area contributed by atoms with E-state index in [0.29, 0.717) is 5.13 Å². The van der Waals surface area contributed by atoms with E-state index in [1.165, 1.54) is 18.3 Å². The summed E-state index contributed by atoms with van der Waals surface area (Å²) in [6.07, 6.45) is 1.72. The molecule has 1 heterocycles. The molecule has 1 aromatic heterocycles. The van der Waals surface area contributed by atoms with Gasteiger partial charge in [-0.15, -0.1) is 11.3 Å². The van der Waals surface area contributed by atoms with Gasteiger partial charge in [0.05, 0.1) is 17.7 Å². The van der Waals surface area contributed by atoms with E-state index in [1.807, 2.05) is 66.9 Å². The van der Waals surface area contributed by atoms with Crippen LogP contribution in [0.3, 0.4) is 0 Å². The SMILES string of the molecule is CCCC(C(=O)Nc1nc(-c2ccc(C(C)NC(C)=O)cc2)cs1)c1ccccc1. The molecule has 2 unspecified atom stereocenters. The molecule has 0 fully saturated rings. The Morgan fingerprint density at radius 3 is 2.37 bits per heavy atom. The molecule has 30 heavy (non-hydrogen) atoms. The first-order valence-electron chi connectivity index (χ1n) is 10.2. The van der Waals surface area contributed by atoms with E-state index >= 15 is 0 Å². The number of amides is 2. The number of benzene rings is 2. The highest BCUT2D eigenvalue weighted by Gasteiger charge is 2.20. The summed E-state index contributed by atoms with van der Waals surface area (Å²) in [6, 6.07) is 17.8. The Kier molecular flexibility index (Phi) is 7.36. The first-order chi connectivity index (χ1) is 14.5. The number of carbonyl (C=O) groups is 2. The summed E-state index contributed by atoms with van der Waals surface area (Å²) in [4.78, 5) is 28.7. The van der Waals surface area contributed by atoms with Crippen LogP contribution in [0.2, 0.25) is 0 Å². The molecular formula is C24H27N3O2S. The molecular weight excluding hydrogens is 394 g/mol. The molecule has 0 spiro atoms. The van der Waals surface area contributed by atoms with Crippen molar-refractivity contribution in [2.24, 2.45) is 0 Å². The Morgan fingerprint density at radius 2 is 1.73 bits per heavy atom. The molecule has 0 saturated heterocycles. The van der Waals surface area contributed by atoms with Gasteiger partial charge in [0.1, 0.15) is 0 Å². The highest BCUT2D eigenvalue weighted by Crippen LogP contribution is 2.28. The number of aromatic nitrogens is 1. The first-order valence-corrected chi connectivity index (χ1v) is 11.0. The molecule has 2 aromatic carbocycles. The smallest absolute Gasteiger partial charge is 0.233 e. The summed E-state index contributed by atoms with van der Waals surface area (Å²) in [5.41, 5.74) is 3.85. The molecule has 2 atom stereocenters. The maximum atomic E-state index is 12.9. The Bertz CT molecular complexity index is 983. The molecule has 2 amide bonds. The number of carbonyl (C=O) groups excluding carboxylic acids is 2. The van der Waals surface area contributed by atoms with Gasteiger partial charge in [-0.1, -0.05) is 67.9 Å².